The van der Waals surface area contributed by atoms with Gasteiger partial charge in [0.05, 0.1) is 18.9 Å². The van der Waals surface area contributed by atoms with Gasteiger partial charge in [-0.1, -0.05) is 37.5 Å². The number of para-hydroxylation sites is 1. The highest BCUT2D eigenvalue weighted by molar-refractivity contribution is 5.92. The van der Waals surface area contributed by atoms with Crippen molar-refractivity contribution in [3.63, 3.8) is 0 Å². The molecule has 2 saturated carbocycles. The van der Waals surface area contributed by atoms with Crippen LogP contribution in [0.1, 0.15) is 44.1 Å². The molecular formula is C20H28N2O3. The first-order valence-electron chi connectivity index (χ1n) is 9.39. The average Bonchev–Trinajstić information content (AvgIpc) is 3.44. The Balaban J connectivity index is 1.38. The third kappa shape index (κ3) is 4.74. The van der Waals surface area contributed by atoms with Crippen LogP contribution in [-0.2, 0) is 16.0 Å². The highest BCUT2D eigenvalue weighted by Gasteiger charge is 2.48. The number of carbonyl (C=O) groups excluding carboxylic acids is 2. The molecule has 5 heteroatoms. The SMILES string of the molecule is COc1ccccc1CCNC(=O)C1CC1C(=O)NC1CCCCC1. The summed E-state index contributed by atoms with van der Waals surface area (Å²) < 4.78 is 5.32. The molecule has 5 nitrogen and oxygen atoms in total. The highest BCUT2D eigenvalue weighted by Crippen LogP contribution is 2.39. The minimum atomic E-state index is -0.152. The van der Waals surface area contributed by atoms with E-state index in [1.165, 1.54) is 19.3 Å². The van der Waals surface area contributed by atoms with E-state index in [2.05, 4.69) is 10.6 Å². The summed E-state index contributed by atoms with van der Waals surface area (Å²) >= 11 is 0. The van der Waals surface area contributed by atoms with E-state index in [4.69, 9.17) is 4.74 Å². The van der Waals surface area contributed by atoms with Gasteiger partial charge in [-0.05, 0) is 37.3 Å². The van der Waals surface area contributed by atoms with Gasteiger partial charge in [-0.3, -0.25) is 9.59 Å². The molecule has 25 heavy (non-hydrogen) atoms. The van der Waals surface area contributed by atoms with Crippen LogP contribution in [0.15, 0.2) is 24.3 Å². The second-order valence-corrected chi connectivity index (χ2v) is 7.15. The van der Waals surface area contributed by atoms with Gasteiger partial charge in [-0.2, -0.15) is 0 Å². The van der Waals surface area contributed by atoms with Crippen LogP contribution in [-0.4, -0.2) is 31.5 Å². The van der Waals surface area contributed by atoms with Crippen molar-refractivity contribution in [1.29, 1.82) is 0 Å². The van der Waals surface area contributed by atoms with Crippen LogP contribution in [0, 0.1) is 11.8 Å². The Kier molecular flexibility index (Phi) is 5.95. The normalized spacial score (nSPS) is 22.9. The maximum atomic E-state index is 12.3. The number of carbonyl (C=O) groups is 2. The largest absolute Gasteiger partial charge is 0.496 e. The van der Waals surface area contributed by atoms with Gasteiger partial charge in [0, 0.05) is 12.6 Å². The van der Waals surface area contributed by atoms with Gasteiger partial charge in [-0.15, -0.1) is 0 Å². The molecule has 0 radical (unpaired) electrons. The van der Waals surface area contributed by atoms with Crippen molar-refractivity contribution in [2.45, 2.75) is 51.0 Å². The zero-order valence-electron chi connectivity index (χ0n) is 14.9. The lowest BCUT2D eigenvalue weighted by atomic mass is 9.95. The zero-order chi connectivity index (χ0) is 17.6. The number of ether oxygens (including phenoxy) is 1. The van der Waals surface area contributed by atoms with Gasteiger partial charge >= 0.3 is 0 Å². The Labute approximate surface area is 149 Å². The van der Waals surface area contributed by atoms with Crippen molar-refractivity contribution >= 4 is 11.8 Å². The fourth-order valence-corrected chi connectivity index (χ4v) is 3.69. The maximum absolute atomic E-state index is 12.3. The number of methoxy groups -OCH3 is 1. The first-order chi connectivity index (χ1) is 12.2. The zero-order valence-corrected chi connectivity index (χ0v) is 14.9. The summed E-state index contributed by atoms with van der Waals surface area (Å²) in [5.41, 5.74) is 1.08. The van der Waals surface area contributed by atoms with Gasteiger partial charge in [0.15, 0.2) is 0 Å². The summed E-state index contributed by atoms with van der Waals surface area (Å²) in [7, 11) is 1.65. The molecule has 2 fully saturated rings. The lowest BCUT2D eigenvalue weighted by molar-refractivity contribution is -0.127. The van der Waals surface area contributed by atoms with Gasteiger partial charge in [0.1, 0.15) is 5.75 Å². The summed E-state index contributed by atoms with van der Waals surface area (Å²) in [6.45, 7) is 0.562. The Morgan fingerprint density at radius 3 is 2.56 bits per heavy atom. The second kappa shape index (κ2) is 8.37. The number of rotatable bonds is 7. The predicted molar refractivity (Wildman–Crippen MR) is 96.3 cm³/mol. The van der Waals surface area contributed by atoms with Crippen LogP contribution in [0.2, 0.25) is 0 Å². The smallest absolute Gasteiger partial charge is 0.224 e. The van der Waals surface area contributed by atoms with E-state index >= 15 is 0 Å². The van der Waals surface area contributed by atoms with Gasteiger partial charge < -0.3 is 15.4 Å². The molecule has 3 rings (SSSR count). The van der Waals surface area contributed by atoms with E-state index < -0.39 is 0 Å². The number of hydrogen-bond acceptors (Lipinski definition) is 3. The molecule has 2 atom stereocenters. The number of hydrogen-bond donors (Lipinski definition) is 2. The minimum Gasteiger partial charge on any atom is -0.496 e. The molecular weight excluding hydrogens is 316 g/mol. The van der Waals surface area contributed by atoms with Crippen molar-refractivity contribution in [3.05, 3.63) is 29.8 Å². The molecule has 2 aliphatic carbocycles. The van der Waals surface area contributed by atoms with Crippen LogP contribution >= 0.6 is 0 Å². The lowest BCUT2D eigenvalue weighted by Crippen LogP contribution is -2.38. The maximum Gasteiger partial charge on any atom is 0.224 e. The molecule has 2 N–H and O–H groups in total. The Hall–Kier alpha value is -2.04. The van der Waals surface area contributed by atoms with Crippen molar-refractivity contribution in [1.82, 2.24) is 10.6 Å². The Morgan fingerprint density at radius 2 is 1.80 bits per heavy atom. The average molecular weight is 344 g/mol. The second-order valence-electron chi connectivity index (χ2n) is 7.15. The fraction of sp³-hybridized carbons (Fsp3) is 0.600. The van der Waals surface area contributed by atoms with Crippen molar-refractivity contribution in [2.75, 3.05) is 13.7 Å². The molecule has 0 spiro atoms. The van der Waals surface area contributed by atoms with Crippen LogP contribution in [0.5, 0.6) is 5.75 Å². The fourth-order valence-electron chi connectivity index (χ4n) is 3.69. The first kappa shape index (κ1) is 17.8. The van der Waals surface area contributed by atoms with Crippen LogP contribution in [0.4, 0.5) is 0 Å². The van der Waals surface area contributed by atoms with Gasteiger partial charge in [0.25, 0.3) is 0 Å². The molecule has 1 aromatic rings. The standard InChI is InChI=1S/C20H28N2O3/c1-25-18-10-6-5-7-14(18)11-12-21-19(23)16-13-17(16)20(24)22-15-8-3-2-4-9-15/h5-7,10,15-17H,2-4,8-9,11-13H2,1H3,(H,21,23)(H,22,24). The monoisotopic (exact) mass is 344 g/mol. The minimum absolute atomic E-state index is 0.00121. The lowest BCUT2D eigenvalue weighted by Gasteiger charge is -2.22. The van der Waals surface area contributed by atoms with E-state index in [0.29, 0.717) is 19.0 Å². The molecule has 0 aromatic heterocycles. The van der Waals surface area contributed by atoms with E-state index in [1.807, 2.05) is 24.3 Å². The van der Waals surface area contributed by atoms with Crippen LogP contribution in [0.3, 0.4) is 0 Å². The Morgan fingerprint density at radius 1 is 1.08 bits per heavy atom. The summed E-state index contributed by atoms with van der Waals surface area (Å²) in [6, 6.07) is 8.13. The number of amides is 2. The summed E-state index contributed by atoms with van der Waals surface area (Å²) in [6.07, 6.45) is 7.22. The van der Waals surface area contributed by atoms with E-state index in [9.17, 15) is 9.59 Å². The molecule has 0 bridgehead atoms. The predicted octanol–water partition coefficient (Wildman–Crippen LogP) is 2.44. The third-order valence-corrected chi connectivity index (χ3v) is 5.30. The molecule has 0 saturated heterocycles. The first-order valence-corrected chi connectivity index (χ1v) is 9.39. The molecule has 0 heterocycles. The number of benzene rings is 1. The van der Waals surface area contributed by atoms with Crippen LogP contribution in [0.25, 0.3) is 0 Å². The van der Waals surface area contributed by atoms with Crippen molar-refractivity contribution < 1.29 is 14.3 Å². The molecule has 0 aliphatic heterocycles. The van der Waals surface area contributed by atoms with Crippen molar-refractivity contribution in [3.8, 4) is 5.75 Å². The van der Waals surface area contributed by atoms with Crippen molar-refractivity contribution in [2.24, 2.45) is 11.8 Å². The molecule has 2 amide bonds. The Bertz CT molecular complexity index is 611. The topological polar surface area (TPSA) is 67.4 Å². The van der Waals surface area contributed by atoms with E-state index in [-0.39, 0.29) is 23.7 Å². The highest BCUT2D eigenvalue weighted by atomic mass is 16.5. The van der Waals surface area contributed by atoms with Gasteiger partial charge in [0.2, 0.25) is 11.8 Å². The molecule has 2 aliphatic rings. The molecule has 2 unspecified atom stereocenters. The summed E-state index contributed by atoms with van der Waals surface area (Å²) in [5.74, 6) is 0.623. The molecule has 136 valence electrons. The number of nitrogens with one attached hydrogen (secondary N) is 2. The summed E-state index contributed by atoms with van der Waals surface area (Å²) in [5, 5.41) is 6.09. The van der Waals surface area contributed by atoms with Gasteiger partial charge in [-0.25, -0.2) is 0 Å². The summed E-state index contributed by atoms with van der Waals surface area (Å²) in [4.78, 5) is 24.5. The molecule has 1 aromatic carbocycles. The van der Waals surface area contributed by atoms with Crippen LogP contribution < -0.4 is 15.4 Å². The van der Waals surface area contributed by atoms with E-state index in [1.54, 1.807) is 7.11 Å². The van der Waals surface area contributed by atoms with E-state index in [0.717, 1.165) is 30.6 Å². The quantitative estimate of drug-likeness (QED) is 0.798. The third-order valence-electron chi connectivity index (χ3n) is 5.30.